The van der Waals surface area contributed by atoms with Crippen molar-refractivity contribution >= 4 is 17.0 Å². The molecule has 0 bridgehead atoms. The molecule has 0 saturated carbocycles. The van der Waals surface area contributed by atoms with Crippen LogP contribution in [-0.4, -0.2) is 23.2 Å². The summed E-state index contributed by atoms with van der Waals surface area (Å²) in [6.07, 6.45) is 3.23. The van der Waals surface area contributed by atoms with E-state index in [0.29, 0.717) is 6.61 Å². The molecule has 1 aliphatic carbocycles. The van der Waals surface area contributed by atoms with Crippen LogP contribution in [-0.2, 0) is 17.6 Å². The number of amides is 1. The zero-order valence-electron chi connectivity index (χ0n) is 14.5. The summed E-state index contributed by atoms with van der Waals surface area (Å²) in [5.41, 5.74) is 5.05. The smallest absolute Gasteiger partial charge is 0.407 e. The van der Waals surface area contributed by atoms with Crippen molar-refractivity contribution in [2.45, 2.75) is 58.4 Å². The number of ether oxygens (including phenoxy) is 1. The fourth-order valence-electron chi connectivity index (χ4n) is 3.20. The number of hydrogen-bond acceptors (Lipinski definition) is 2. The second kappa shape index (κ2) is 5.91. The lowest BCUT2D eigenvalue weighted by Crippen LogP contribution is -2.41. The number of hydrogen-bond donors (Lipinski definition) is 2. The lowest BCUT2D eigenvalue weighted by atomic mass is 10.1. The van der Waals surface area contributed by atoms with Gasteiger partial charge in [0.15, 0.2) is 0 Å². The molecule has 0 fully saturated rings. The van der Waals surface area contributed by atoms with Crippen LogP contribution < -0.4 is 5.32 Å². The summed E-state index contributed by atoms with van der Waals surface area (Å²) in [4.78, 5) is 15.3. The molecule has 23 heavy (non-hydrogen) atoms. The van der Waals surface area contributed by atoms with Gasteiger partial charge in [0.2, 0.25) is 0 Å². The van der Waals surface area contributed by atoms with Gasteiger partial charge >= 0.3 is 6.09 Å². The molecule has 1 aromatic heterocycles. The Morgan fingerprint density at radius 2 is 2.13 bits per heavy atom. The minimum absolute atomic E-state index is 0.144. The number of aromatic amines is 1. The number of nitrogens with one attached hydrogen (secondary N) is 2. The van der Waals surface area contributed by atoms with Crippen LogP contribution in [0.5, 0.6) is 0 Å². The lowest BCUT2D eigenvalue weighted by Gasteiger charge is -2.20. The van der Waals surface area contributed by atoms with Crippen LogP contribution >= 0.6 is 0 Å². The summed E-state index contributed by atoms with van der Waals surface area (Å²) < 4.78 is 5.35. The number of carbonyl (C=O) groups excluding carboxylic acids is 1. The van der Waals surface area contributed by atoms with E-state index < -0.39 is 0 Å². The third-order valence-corrected chi connectivity index (χ3v) is 4.37. The third kappa shape index (κ3) is 3.52. The first kappa shape index (κ1) is 15.9. The van der Waals surface area contributed by atoms with E-state index in [0.717, 1.165) is 12.1 Å². The van der Waals surface area contributed by atoms with Crippen molar-refractivity contribution in [3.63, 3.8) is 0 Å². The first-order chi connectivity index (χ1) is 10.8. The molecule has 3 rings (SSSR count). The van der Waals surface area contributed by atoms with E-state index in [-0.39, 0.29) is 17.6 Å². The number of carbonyl (C=O) groups is 1. The summed E-state index contributed by atoms with van der Waals surface area (Å²) in [6.45, 7) is 8.27. The van der Waals surface area contributed by atoms with Gasteiger partial charge in [0.25, 0.3) is 0 Å². The van der Waals surface area contributed by atoms with Gasteiger partial charge in [-0.15, -0.1) is 0 Å². The van der Waals surface area contributed by atoms with Crippen LogP contribution in [0.4, 0.5) is 4.79 Å². The maximum absolute atomic E-state index is 11.8. The Morgan fingerprint density at radius 3 is 2.87 bits per heavy atom. The number of aromatic nitrogens is 1. The number of rotatable bonds is 3. The first-order valence-corrected chi connectivity index (χ1v) is 8.42. The number of aryl methyl sites for hydroxylation is 2. The Bertz CT molecular complexity index is 725. The summed E-state index contributed by atoms with van der Waals surface area (Å²) in [6, 6.07) is 6.63. The molecular weight excluding hydrogens is 288 g/mol. The minimum atomic E-state index is -0.360. The number of alkyl carbamates (subject to hydrolysis) is 1. The van der Waals surface area contributed by atoms with Gasteiger partial charge in [-0.3, -0.25) is 0 Å². The molecule has 1 atom stereocenters. The number of benzene rings is 1. The predicted octanol–water partition coefficient (Wildman–Crippen LogP) is 4.28. The van der Waals surface area contributed by atoms with E-state index in [2.05, 4.69) is 35.4 Å². The monoisotopic (exact) mass is 314 g/mol. The molecule has 0 unspecified atom stereocenters. The van der Waals surface area contributed by atoms with Crippen LogP contribution in [0.2, 0.25) is 0 Å². The van der Waals surface area contributed by atoms with Crippen molar-refractivity contribution in [2.24, 2.45) is 0 Å². The van der Waals surface area contributed by atoms with E-state index in [1.54, 1.807) is 0 Å². The summed E-state index contributed by atoms with van der Waals surface area (Å²) >= 11 is 0. The zero-order valence-corrected chi connectivity index (χ0v) is 14.5. The standard InChI is InChI=1S/C19H26N2O2/c1-12(11-23-18(22)21-19(2,3)4)16-10-14-9-8-13-6-5-7-15(13)17(14)20-16/h8-10,12,20H,5-7,11H2,1-4H3,(H,21,22)/t12-/m1/s1. The van der Waals surface area contributed by atoms with Crippen LogP contribution in [0.25, 0.3) is 10.9 Å². The maximum atomic E-state index is 11.8. The minimum Gasteiger partial charge on any atom is -0.449 e. The summed E-state index contributed by atoms with van der Waals surface area (Å²) in [5, 5.41) is 4.07. The van der Waals surface area contributed by atoms with E-state index in [4.69, 9.17) is 4.74 Å². The van der Waals surface area contributed by atoms with Crippen LogP contribution in [0, 0.1) is 0 Å². The van der Waals surface area contributed by atoms with Crippen molar-refractivity contribution < 1.29 is 9.53 Å². The molecule has 0 spiro atoms. The van der Waals surface area contributed by atoms with Crippen LogP contribution in [0.3, 0.4) is 0 Å². The molecule has 124 valence electrons. The first-order valence-electron chi connectivity index (χ1n) is 8.42. The molecule has 1 amide bonds. The molecule has 2 aromatic rings. The number of fused-ring (bicyclic) bond motifs is 3. The summed E-state index contributed by atoms with van der Waals surface area (Å²) in [7, 11) is 0. The SMILES string of the molecule is C[C@H](COC(=O)NC(C)(C)C)c1cc2ccc3c(c2[nH]1)CCC3. The fraction of sp³-hybridized carbons (Fsp3) is 0.526. The molecular formula is C19H26N2O2. The highest BCUT2D eigenvalue weighted by molar-refractivity contribution is 5.85. The van der Waals surface area contributed by atoms with Gasteiger partial charge in [-0.25, -0.2) is 4.79 Å². The summed E-state index contributed by atoms with van der Waals surface area (Å²) in [5.74, 6) is 0.144. The number of H-pyrrole nitrogens is 1. The average molecular weight is 314 g/mol. The zero-order chi connectivity index (χ0) is 16.6. The van der Waals surface area contributed by atoms with Gasteiger partial charge in [0, 0.05) is 22.7 Å². The normalized spacial score (nSPS) is 15.5. The molecule has 4 nitrogen and oxygen atoms in total. The molecule has 0 aliphatic heterocycles. The van der Waals surface area contributed by atoms with Gasteiger partial charge in [0.1, 0.15) is 6.61 Å². The lowest BCUT2D eigenvalue weighted by molar-refractivity contribution is 0.132. The van der Waals surface area contributed by atoms with E-state index in [1.807, 2.05) is 20.8 Å². The van der Waals surface area contributed by atoms with Gasteiger partial charge < -0.3 is 15.0 Å². The molecule has 1 aromatic carbocycles. The molecule has 0 radical (unpaired) electrons. The largest absolute Gasteiger partial charge is 0.449 e. The van der Waals surface area contributed by atoms with E-state index in [9.17, 15) is 4.79 Å². The highest BCUT2D eigenvalue weighted by Crippen LogP contribution is 2.31. The highest BCUT2D eigenvalue weighted by Gasteiger charge is 2.19. The van der Waals surface area contributed by atoms with Crippen molar-refractivity contribution in [3.8, 4) is 0 Å². The third-order valence-electron chi connectivity index (χ3n) is 4.37. The predicted molar refractivity (Wildman–Crippen MR) is 93.0 cm³/mol. The second-order valence-corrected chi connectivity index (χ2v) is 7.62. The Hall–Kier alpha value is -1.97. The van der Waals surface area contributed by atoms with Crippen molar-refractivity contribution in [2.75, 3.05) is 6.61 Å². The Labute approximate surface area is 137 Å². The van der Waals surface area contributed by atoms with Gasteiger partial charge in [-0.1, -0.05) is 19.1 Å². The molecule has 1 aliphatic rings. The molecule has 0 saturated heterocycles. The molecule has 2 N–H and O–H groups in total. The molecule has 4 heteroatoms. The maximum Gasteiger partial charge on any atom is 0.407 e. The van der Waals surface area contributed by atoms with Crippen molar-refractivity contribution in [1.29, 1.82) is 0 Å². The van der Waals surface area contributed by atoms with Crippen molar-refractivity contribution in [3.05, 3.63) is 35.0 Å². The van der Waals surface area contributed by atoms with Crippen molar-refractivity contribution in [1.82, 2.24) is 10.3 Å². The van der Waals surface area contributed by atoms with E-state index in [1.165, 1.54) is 34.9 Å². The Kier molecular flexibility index (Phi) is 4.09. The molecule has 1 heterocycles. The Balaban J connectivity index is 1.69. The average Bonchev–Trinajstić information content (AvgIpc) is 3.07. The van der Waals surface area contributed by atoms with Crippen LogP contribution in [0.1, 0.15) is 56.9 Å². The fourth-order valence-corrected chi connectivity index (χ4v) is 3.20. The highest BCUT2D eigenvalue weighted by atomic mass is 16.5. The van der Waals surface area contributed by atoms with Gasteiger partial charge in [-0.05, 0) is 62.6 Å². The quantitative estimate of drug-likeness (QED) is 0.888. The van der Waals surface area contributed by atoms with E-state index >= 15 is 0 Å². The van der Waals surface area contributed by atoms with Crippen LogP contribution in [0.15, 0.2) is 18.2 Å². The Morgan fingerprint density at radius 1 is 1.35 bits per heavy atom. The van der Waals surface area contributed by atoms with Gasteiger partial charge in [-0.2, -0.15) is 0 Å². The second-order valence-electron chi connectivity index (χ2n) is 7.62. The van der Waals surface area contributed by atoms with Gasteiger partial charge in [0.05, 0.1) is 0 Å². The topological polar surface area (TPSA) is 54.1 Å².